The van der Waals surface area contributed by atoms with Crippen LogP contribution in [0.15, 0.2) is 71.2 Å². The average molecular weight is 421 g/mol. The van der Waals surface area contributed by atoms with E-state index in [0.717, 1.165) is 15.7 Å². The zero-order valence-electron chi connectivity index (χ0n) is 13.3. The van der Waals surface area contributed by atoms with E-state index in [1.165, 1.54) is 6.07 Å². The maximum Gasteiger partial charge on any atom is 0.131 e. The fraction of sp³-hybridized carbons (Fsp3) is 0.100. The molecule has 0 aromatic heterocycles. The molecule has 0 bridgehead atoms. The molecule has 0 radical (unpaired) electrons. The molecule has 0 heterocycles. The largest absolute Gasteiger partial charge is 0.489 e. The molecule has 0 spiro atoms. The van der Waals surface area contributed by atoms with Crippen LogP contribution in [0.5, 0.6) is 5.75 Å². The minimum atomic E-state index is -0.361. The molecule has 2 nitrogen and oxygen atoms in total. The summed E-state index contributed by atoms with van der Waals surface area (Å²) in [6, 6.07) is 20.3. The van der Waals surface area contributed by atoms with Crippen LogP contribution in [0.4, 0.5) is 10.1 Å². The Morgan fingerprint density at radius 1 is 1.00 bits per heavy atom. The zero-order valence-corrected chi connectivity index (χ0v) is 15.6. The quantitative estimate of drug-likeness (QED) is 0.496. The Bertz CT molecular complexity index is 834. The van der Waals surface area contributed by atoms with Crippen molar-refractivity contribution in [2.24, 2.45) is 0 Å². The number of halogens is 3. The second-order valence-electron chi connectivity index (χ2n) is 5.50. The number of rotatable bonds is 6. The van der Waals surface area contributed by atoms with E-state index in [4.69, 9.17) is 16.3 Å². The lowest BCUT2D eigenvalue weighted by Gasteiger charge is -2.11. The highest BCUT2D eigenvalue weighted by atomic mass is 79.9. The summed E-state index contributed by atoms with van der Waals surface area (Å²) in [6.45, 7) is 0.758. The van der Waals surface area contributed by atoms with Gasteiger partial charge in [-0.15, -0.1) is 0 Å². The third kappa shape index (κ3) is 4.97. The van der Waals surface area contributed by atoms with Crippen molar-refractivity contribution in [3.05, 3.63) is 93.2 Å². The second kappa shape index (κ2) is 8.37. The maximum absolute atomic E-state index is 13.8. The molecule has 0 saturated carbocycles. The molecule has 3 aromatic carbocycles. The summed E-state index contributed by atoms with van der Waals surface area (Å²) in [4.78, 5) is 0. The van der Waals surface area contributed by atoms with E-state index in [2.05, 4.69) is 21.2 Å². The summed E-state index contributed by atoms with van der Waals surface area (Å²) >= 11 is 9.44. The summed E-state index contributed by atoms with van der Waals surface area (Å²) in [5, 5.41) is 3.72. The van der Waals surface area contributed by atoms with Crippen molar-refractivity contribution in [3.8, 4) is 5.75 Å². The lowest BCUT2D eigenvalue weighted by molar-refractivity contribution is 0.299. The summed E-state index contributed by atoms with van der Waals surface area (Å²) in [7, 11) is 0. The van der Waals surface area contributed by atoms with E-state index < -0.39 is 0 Å². The van der Waals surface area contributed by atoms with Gasteiger partial charge in [-0.3, -0.25) is 0 Å². The van der Waals surface area contributed by atoms with Crippen LogP contribution >= 0.6 is 27.5 Å². The van der Waals surface area contributed by atoms with Gasteiger partial charge in [0.05, 0.1) is 5.02 Å². The molecular formula is C20H16BrClFNO. The number of anilines is 1. The number of ether oxygens (including phenoxy) is 1. The summed E-state index contributed by atoms with van der Waals surface area (Å²) in [6.07, 6.45) is 0. The standard InChI is InChI=1S/C20H16BrClFNO/c21-15-7-9-16(10-8-15)24-12-14-3-1-4-17(11-14)25-13-18-19(22)5-2-6-20(18)23/h1-11,24H,12-13H2. The van der Waals surface area contributed by atoms with Crippen LogP contribution in [0.2, 0.25) is 5.02 Å². The van der Waals surface area contributed by atoms with Gasteiger partial charge < -0.3 is 10.1 Å². The molecule has 0 fully saturated rings. The molecule has 0 aliphatic rings. The normalized spacial score (nSPS) is 10.5. The summed E-state index contributed by atoms with van der Waals surface area (Å²) in [5.41, 5.74) is 2.47. The summed E-state index contributed by atoms with van der Waals surface area (Å²) < 4.78 is 20.5. The van der Waals surface area contributed by atoms with Crippen molar-refractivity contribution in [3.63, 3.8) is 0 Å². The van der Waals surface area contributed by atoms with Crippen molar-refractivity contribution in [2.45, 2.75) is 13.2 Å². The third-order valence-corrected chi connectivity index (χ3v) is 4.57. The molecule has 5 heteroatoms. The smallest absolute Gasteiger partial charge is 0.131 e. The number of benzene rings is 3. The SMILES string of the molecule is Fc1cccc(Cl)c1COc1cccc(CNc2ccc(Br)cc2)c1. The molecule has 3 rings (SSSR count). The predicted molar refractivity (Wildman–Crippen MR) is 104 cm³/mol. The highest BCUT2D eigenvalue weighted by Crippen LogP contribution is 2.22. The van der Waals surface area contributed by atoms with Gasteiger partial charge >= 0.3 is 0 Å². The first-order chi connectivity index (χ1) is 12.1. The van der Waals surface area contributed by atoms with E-state index >= 15 is 0 Å². The maximum atomic E-state index is 13.8. The van der Waals surface area contributed by atoms with Crippen molar-refractivity contribution < 1.29 is 9.13 Å². The number of nitrogens with one attached hydrogen (secondary N) is 1. The Morgan fingerprint density at radius 3 is 2.52 bits per heavy atom. The van der Waals surface area contributed by atoms with Gasteiger partial charge in [0, 0.05) is 22.3 Å². The molecule has 25 heavy (non-hydrogen) atoms. The minimum absolute atomic E-state index is 0.0924. The first kappa shape index (κ1) is 17.8. The van der Waals surface area contributed by atoms with E-state index in [0.29, 0.717) is 22.9 Å². The topological polar surface area (TPSA) is 21.3 Å². The number of hydrogen-bond acceptors (Lipinski definition) is 2. The third-order valence-electron chi connectivity index (χ3n) is 3.68. The Balaban J connectivity index is 1.62. The Labute approximate surface area is 159 Å². The van der Waals surface area contributed by atoms with Gasteiger partial charge in [-0.05, 0) is 54.1 Å². The lowest BCUT2D eigenvalue weighted by atomic mass is 10.2. The molecule has 0 aliphatic carbocycles. The molecule has 0 saturated heterocycles. The molecule has 3 aromatic rings. The van der Waals surface area contributed by atoms with Crippen LogP contribution in [-0.4, -0.2) is 0 Å². The van der Waals surface area contributed by atoms with E-state index in [9.17, 15) is 4.39 Å². The Kier molecular flexibility index (Phi) is 5.95. The Hall–Kier alpha value is -2.04. The van der Waals surface area contributed by atoms with Crippen molar-refractivity contribution in [1.82, 2.24) is 0 Å². The highest BCUT2D eigenvalue weighted by Gasteiger charge is 2.08. The van der Waals surface area contributed by atoms with Crippen LogP contribution in [-0.2, 0) is 13.2 Å². The molecular weight excluding hydrogens is 405 g/mol. The van der Waals surface area contributed by atoms with E-state index in [1.54, 1.807) is 12.1 Å². The first-order valence-electron chi connectivity index (χ1n) is 7.76. The predicted octanol–water partition coefficient (Wildman–Crippen LogP) is 6.43. The zero-order chi connectivity index (χ0) is 17.6. The van der Waals surface area contributed by atoms with Gasteiger partial charge in [0.2, 0.25) is 0 Å². The molecule has 0 amide bonds. The van der Waals surface area contributed by atoms with Gasteiger partial charge in [0.1, 0.15) is 18.2 Å². The molecule has 0 atom stereocenters. The van der Waals surface area contributed by atoms with Gasteiger partial charge in [0.15, 0.2) is 0 Å². The fourth-order valence-corrected chi connectivity index (χ4v) is 2.82. The van der Waals surface area contributed by atoms with Crippen molar-refractivity contribution >= 4 is 33.2 Å². The second-order valence-corrected chi connectivity index (χ2v) is 6.82. The van der Waals surface area contributed by atoms with Gasteiger partial charge in [-0.1, -0.05) is 45.7 Å². The van der Waals surface area contributed by atoms with Crippen LogP contribution in [0, 0.1) is 5.82 Å². The van der Waals surface area contributed by atoms with Crippen molar-refractivity contribution in [1.29, 1.82) is 0 Å². The molecule has 1 N–H and O–H groups in total. The monoisotopic (exact) mass is 419 g/mol. The van der Waals surface area contributed by atoms with Crippen molar-refractivity contribution in [2.75, 3.05) is 5.32 Å². The van der Waals surface area contributed by atoms with Gasteiger partial charge in [0.25, 0.3) is 0 Å². The minimum Gasteiger partial charge on any atom is -0.489 e. The fourth-order valence-electron chi connectivity index (χ4n) is 2.34. The Morgan fingerprint density at radius 2 is 1.76 bits per heavy atom. The molecule has 128 valence electrons. The molecule has 0 aliphatic heterocycles. The highest BCUT2D eigenvalue weighted by molar-refractivity contribution is 9.10. The molecule has 0 unspecified atom stereocenters. The number of hydrogen-bond donors (Lipinski definition) is 1. The lowest BCUT2D eigenvalue weighted by Crippen LogP contribution is -2.02. The first-order valence-corrected chi connectivity index (χ1v) is 8.93. The summed E-state index contributed by atoms with van der Waals surface area (Å²) in [5.74, 6) is 0.315. The average Bonchev–Trinajstić information content (AvgIpc) is 2.61. The van der Waals surface area contributed by atoms with Crippen LogP contribution in [0.1, 0.15) is 11.1 Å². The van der Waals surface area contributed by atoms with Gasteiger partial charge in [-0.2, -0.15) is 0 Å². The van der Waals surface area contributed by atoms with E-state index in [1.807, 2.05) is 48.5 Å². The van der Waals surface area contributed by atoms with Crippen LogP contribution in [0.25, 0.3) is 0 Å². The van der Waals surface area contributed by atoms with Crippen LogP contribution in [0.3, 0.4) is 0 Å². The van der Waals surface area contributed by atoms with Gasteiger partial charge in [-0.25, -0.2) is 4.39 Å². The van der Waals surface area contributed by atoms with Crippen LogP contribution < -0.4 is 10.1 Å². The van der Waals surface area contributed by atoms with E-state index in [-0.39, 0.29) is 12.4 Å².